The highest BCUT2D eigenvalue weighted by Gasteiger charge is 2.37. The minimum absolute atomic E-state index is 0.133. The third kappa shape index (κ3) is 4.06. The van der Waals surface area contributed by atoms with Crippen molar-refractivity contribution in [2.45, 2.75) is 30.3 Å². The summed E-state index contributed by atoms with van der Waals surface area (Å²) in [6, 6.07) is 14.8. The maximum Gasteiger partial charge on any atom is 0.240 e. The highest BCUT2D eigenvalue weighted by molar-refractivity contribution is 8.00. The summed E-state index contributed by atoms with van der Waals surface area (Å²) in [5.74, 6) is 2.08. The fourth-order valence-electron chi connectivity index (χ4n) is 3.26. The zero-order chi connectivity index (χ0) is 21.1. The SMILES string of the molecule is CCOc1ccc([C@H]2Nn3c(C)nnc3S[C@H]2C(=O)Nc2cccc(OC)c2)cc1. The van der Waals surface area contributed by atoms with Crippen molar-refractivity contribution in [3.8, 4) is 11.5 Å². The molecule has 8 nitrogen and oxygen atoms in total. The van der Waals surface area contributed by atoms with Crippen LogP contribution in [-0.2, 0) is 4.79 Å². The Labute approximate surface area is 179 Å². The summed E-state index contributed by atoms with van der Waals surface area (Å²) < 4.78 is 12.6. The summed E-state index contributed by atoms with van der Waals surface area (Å²) in [5, 5.41) is 11.5. The zero-order valence-corrected chi connectivity index (χ0v) is 17.8. The summed E-state index contributed by atoms with van der Waals surface area (Å²) in [5.41, 5.74) is 5.04. The summed E-state index contributed by atoms with van der Waals surface area (Å²) in [4.78, 5) is 13.2. The summed E-state index contributed by atoms with van der Waals surface area (Å²) >= 11 is 1.38. The Balaban J connectivity index is 1.62. The number of methoxy groups -OCH3 is 1. The number of fused-ring (bicyclic) bond motifs is 1. The van der Waals surface area contributed by atoms with Crippen molar-refractivity contribution in [2.24, 2.45) is 0 Å². The van der Waals surface area contributed by atoms with E-state index < -0.39 is 5.25 Å². The van der Waals surface area contributed by atoms with Crippen LogP contribution in [0.5, 0.6) is 11.5 Å². The molecule has 0 saturated carbocycles. The summed E-state index contributed by atoms with van der Waals surface area (Å²) in [6.07, 6.45) is 0. The Hall–Kier alpha value is -3.20. The molecule has 0 saturated heterocycles. The number of carbonyl (C=O) groups is 1. The zero-order valence-electron chi connectivity index (χ0n) is 17.0. The van der Waals surface area contributed by atoms with Gasteiger partial charge in [-0.1, -0.05) is 30.0 Å². The molecule has 0 radical (unpaired) electrons. The maximum absolute atomic E-state index is 13.2. The molecular weight excluding hydrogens is 402 g/mol. The lowest BCUT2D eigenvalue weighted by Gasteiger charge is -2.32. The van der Waals surface area contributed by atoms with Crippen LogP contribution in [0.2, 0.25) is 0 Å². The monoisotopic (exact) mass is 425 g/mol. The number of hydrogen-bond acceptors (Lipinski definition) is 7. The van der Waals surface area contributed by atoms with E-state index in [0.717, 1.165) is 17.1 Å². The Morgan fingerprint density at radius 2 is 2.00 bits per heavy atom. The summed E-state index contributed by atoms with van der Waals surface area (Å²) in [6.45, 7) is 4.42. The van der Waals surface area contributed by atoms with E-state index in [0.29, 0.717) is 23.2 Å². The number of ether oxygens (including phenoxy) is 2. The fourth-order valence-corrected chi connectivity index (χ4v) is 4.39. The Bertz CT molecular complexity index is 1040. The molecule has 0 fully saturated rings. The van der Waals surface area contributed by atoms with Crippen LogP contribution in [0.25, 0.3) is 0 Å². The van der Waals surface area contributed by atoms with E-state index >= 15 is 0 Å². The number of benzene rings is 2. The van der Waals surface area contributed by atoms with Gasteiger partial charge >= 0.3 is 0 Å². The van der Waals surface area contributed by atoms with Crippen molar-refractivity contribution in [3.63, 3.8) is 0 Å². The summed E-state index contributed by atoms with van der Waals surface area (Å²) in [7, 11) is 1.60. The van der Waals surface area contributed by atoms with Crippen LogP contribution in [-0.4, -0.2) is 39.7 Å². The molecule has 0 bridgehead atoms. The lowest BCUT2D eigenvalue weighted by molar-refractivity contribution is -0.116. The number of rotatable bonds is 6. The van der Waals surface area contributed by atoms with Gasteiger partial charge in [0, 0.05) is 11.8 Å². The largest absolute Gasteiger partial charge is 0.497 e. The van der Waals surface area contributed by atoms with Gasteiger partial charge in [0.1, 0.15) is 22.6 Å². The van der Waals surface area contributed by atoms with Gasteiger partial charge in [0.15, 0.2) is 0 Å². The molecular formula is C21H23N5O3S. The molecule has 3 aromatic rings. The molecule has 2 heterocycles. The number of nitrogens with one attached hydrogen (secondary N) is 2. The van der Waals surface area contributed by atoms with Crippen molar-refractivity contribution >= 4 is 23.4 Å². The van der Waals surface area contributed by atoms with Crippen LogP contribution in [0.3, 0.4) is 0 Å². The number of hydrogen-bond donors (Lipinski definition) is 2. The number of aromatic nitrogens is 3. The molecule has 1 amide bonds. The van der Waals surface area contributed by atoms with Crippen LogP contribution in [0.1, 0.15) is 24.4 Å². The fraction of sp³-hybridized carbons (Fsp3) is 0.286. The first-order valence-corrected chi connectivity index (χ1v) is 10.5. The first kappa shape index (κ1) is 20.1. The highest BCUT2D eigenvalue weighted by Crippen LogP contribution is 2.38. The second-order valence-corrected chi connectivity index (χ2v) is 7.84. The Morgan fingerprint density at radius 3 is 2.73 bits per heavy atom. The van der Waals surface area contributed by atoms with Crippen molar-refractivity contribution in [3.05, 3.63) is 59.9 Å². The molecule has 1 aliphatic heterocycles. The molecule has 2 N–H and O–H groups in total. The van der Waals surface area contributed by atoms with Crippen molar-refractivity contribution in [2.75, 3.05) is 24.5 Å². The van der Waals surface area contributed by atoms with Crippen molar-refractivity contribution < 1.29 is 14.3 Å². The molecule has 156 valence electrons. The predicted octanol–water partition coefficient (Wildman–Crippen LogP) is 3.39. The molecule has 0 spiro atoms. The molecule has 30 heavy (non-hydrogen) atoms. The van der Waals surface area contributed by atoms with Gasteiger partial charge in [-0.2, -0.15) is 0 Å². The Kier molecular flexibility index (Phi) is 5.80. The van der Waals surface area contributed by atoms with Crippen LogP contribution in [0.4, 0.5) is 5.69 Å². The Morgan fingerprint density at radius 1 is 1.20 bits per heavy atom. The number of thioether (sulfide) groups is 1. The van der Waals surface area contributed by atoms with Gasteiger partial charge in [0.05, 0.1) is 19.8 Å². The van der Waals surface area contributed by atoms with E-state index in [9.17, 15) is 4.79 Å². The quantitative estimate of drug-likeness (QED) is 0.626. The van der Waals surface area contributed by atoms with E-state index in [-0.39, 0.29) is 11.9 Å². The third-order valence-corrected chi connectivity index (χ3v) is 5.96. The molecule has 0 aliphatic carbocycles. The van der Waals surface area contributed by atoms with Gasteiger partial charge in [-0.15, -0.1) is 10.2 Å². The second-order valence-electron chi connectivity index (χ2n) is 6.73. The average Bonchev–Trinajstić information content (AvgIpc) is 3.13. The van der Waals surface area contributed by atoms with Gasteiger partial charge in [-0.05, 0) is 43.7 Å². The number of aryl methyl sites for hydroxylation is 1. The molecule has 0 unspecified atom stereocenters. The lowest BCUT2D eigenvalue weighted by atomic mass is 10.0. The van der Waals surface area contributed by atoms with Gasteiger partial charge in [0.25, 0.3) is 0 Å². The number of amides is 1. The van der Waals surface area contributed by atoms with Crippen LogP contribution >= 0.6 is 11.8 Å². The van der Waals surface area contributed by atoms with Crippen molar-refractivity contribution in [1.82, 2.24) is 14.9 Å². The van der Waals surface area contributed by atoms with E-state index in [1.165, 1.54) is 11.8 Å². The standard InChI is InChI=1S/C21H23N5O3S/c1-4-29-16-10-8-14(9-11-16)18-19(30-21-24-23-13(2)26(21)25-18)20(27)22-15-6-5-7-17(12-15)28-3/h5-12,18-19,25H,4H2,1-3H3,(H,22,27)/t18-,19-/m1/s1. The number of carbonyl (C=O) groups excluding carboxylic acids is 1. The highest BCUT2D eigenvalue weighted by atomic mass is 32.2. The first-order valence-electron chi connectivity index (χ1n) is 9.62. The van der Waals surface area contributed by atoms with Crippen LogP contribution in [0, 0.1) is 6.92 Å². The van der Waals surface area contributed by atoms with E-state index in [4.69, 9.17) is 9.47 Å². The molecule has 1 aromatic heterocycles. The second kappa shape index (κ2) is 8.66. The maximum atomic E-state index is 13.2. The van der Waals surface area contributed by atoms with E-state index in [1.807, 2.05) is 61.0 Å². The lowest BCUT2D eigenvalue weighted by Crippen LogP contribution is -2.41. The van der Waals surface area contributed by atoms with Gasteiger partial charge < -0.3 is 20.2 Å². The predicted molar refractivity (Wildman–Crippen MR) is 116 cm³/mol. The van der Waals surface area contributed by atoms with Crippen molar-refractivity contribution in [1.29, 1.82) is 0 Å². The molecule has 2 aromatic carbocycles. The molecule has 9 heteroatoms. The van der Waals surface area contributed by atoms with Gasteiger partial charge in [-0.25, -0.2) is 4.68 Å². The molecule has 1 aliphatic rings. The van der Waals surface area contributed by atoms with Crippen LogP contribution < -0.4 is 20.2 Å². The topological polar surface area (TPSA) is 90.3 Å². The third-order valence-electron chi connectivity index (χ3n) is 4.74. The van der Waals surface area contributed by atoms with E-state index in [1.54, 1.807) is 13.2 Å². The minimum Gasteiger partial charge on any atom is -0.497 e. The smallest absolute Gasteiger partial charge is 0.240 e. The van der Waals surface area contributed by atoms with Gasteiger partial charge in [0.2, 0.25) is 11.1 Å². The number of nitrogens with zero attached hydrogens (tertiary/aromatic N) is 3. The molecule has 2 atom stereocenters. The minimum atomic E-state index is -0.453. The number of anilines is 1. The van der Waals surface area contributed by atoms with Crippen LogP contribution in [0.15, 0.2) is 53.7 Å². The van der Waals surface area contributed by atoms with Gasteiger partial charge in [-0.3, -0.25) is 4.79 Å². The first-order chi connectivity index (χ1) is 14.6. The normalized spacial score (nSPS) is 17.6. The van der Waals surface area contributed by atoms with E-state index in [2.05, 4.69) is 20.9 Å². The average molecular weight is 426 g/mol. The molecule has 4 rings (SSSR count).